The summed E-state index contributed by atoms with van der Waals surface area (Å²) in [5.41, 5.74) is 6.91. The second kappa shape index (κ2) is 11.1. The Bertz CT molecular complexity index is 898. The largest absolute Gasteiger partial charge is 0.490 e. The van der Waals surface area contributed by atoms with E-state index in [2.05, 4.69) is 26.0 Å². The van der Waals surface area contributed by atoms with Gasteiger partial charge < -0.3 is 4.74 Å². The molecule has 0 saturated carbocycles. The van der Waals surface area contributed by atoms with Crippen LogP contribution in [0.15, 0.2) is 57.1 Å². The first-order chi connectivity index (χ1) is 14.0. The van der Waals surface area contributed by atoms with Gasteiger partial charge in [0, 0.05) is 16.9 Å². The smallest absolute Gasteiger partial charge is 0.137 e. The molecule has 1 aliphatic heterocycles. The van der Waals surface area contributed by atoms with Crippen LogP contribution in [0.25, 0.3) is 0 Å². The van der Waals surface area contributed by atoms with E-state index in [9.17, 15) is 5.26 Å². The van der Waals surface area contributed by atoms with Crippen LogP contribution in [0.4, 0.5) is 0 Å². The summed E-state index contributed by atoms with van der Waals surface area (Å²) in [5.74, 6) is 1.45. The van der Waals surface area contributed by atoms with Crippen molar-refractivity contribution in [2.45, 2.75) is 66.9 Å². The van der Waals surface area contributed by atoms with Gasteiger partial charge in [-0.3, -0.25) is 4.99 Å². The number of benzene rings is 1. The van der Waals surface area contributed by atoms with E-state index >= 15 is 0 Å². The van der Waals surface area contributed by atoms with Gasteiger partial charge >= 0.3 is 0 Å². The van der Waals surface area contributed by atoms with Crippen LogP contribution < -0.4 is 4.74 Å². The van der Waals surface area contributed by atoms with Crippen molar-refractivity contribution in [1.82, 2.24) is 0 Å². The lowest BCUT2D eigenvalue weighted by molar-refractivity contribution is 0.241. The third-order valence-electron chi connectivity index (χ3n) is 4.87. The molecule has 0 amide bonds. The molecule has 1 aromatic carbocycles. The standard InChI is InChI=1S/C23H26N2OS.C2H6/c1-5-19(20-8-6-7-16(20)4)23-13-25-21(14-27-23)17-9-10-22(26-15(2)3)18(11-17)12-24;1-2/h5,9-11,13,15H,6-8,14H2,1-4H3;1-2H3/b19-5+;. The molecule has 0 spiro atoms. The van der Waals surface area contributed by atoms with Gasteiger partial charge in [-0.2, -0.15) is 5.26 Å². The van der Waals surface area contributed by atoms with E-state index in [0.29, 0.717) is 11.3 Å². The molecule has 0 N–H and O–H groups in total. The third-order valence-corrected chi connectivity index (χ3v) is 5.93. The summed E-state index contributed by atoms with van der Waals surface area (Å²) in [7, 11) is 0. The van der Waals surface area contributed by atoms with Crippen LogP contribution in [0.5, 0.6) is 5.75 Å². The van der Waals surface area contributed by atoms with E-state index in [1.807, 2.05) is 63.9 Å². The highest BCUT2D eigenvalue weighted by atomic mass is 32.2. The first kappa shape index (κ1) is 23.0. The number of hydrogen-bond donors (Lipinski definition) is 0. The van der Waals surface area contributed by atoms with Crippen LogP contribution >= 0.6 is 11.8 Å². The number of ether oxygens (including phenoxy) is 1. The van der Waals surface area contributed by atoms with Crippen molar-refractivity contribution >= 4 is 17.5 Å². The molecular formula is C25H32N2OS. The van der Waals surface area contributed by atoms with E-state index in [4.69, 9.17) is 9.73 Å². The van der Waals surface area contributed by atoms with Gasteiger partial charge in [-0.15, -0.1) is 11.8 Å². The Labute approximate surface area is 180 Å². The molecule has 1 aliphatic carbocycles. The first-order valence-corrected chi connectivity index (χ1v) is 11.5. The minimum Gasteiger partial charge on any atom is -0.490 e. The minimum absolute atomic E-state index is 0.0450. The van der Waals surface area contributed by atoms with Crippen LogP contribution in [0.2, 0.25) is 0 Å². The maximum Gasteiger partial charge on any atom is 0.137 e. The fourth-order valence-electron chi connectivity index (χ4n) is 3.54. The summed E-state index contributed by atoms with van der Waals surface area (Å²) >= 11 is 1.83. The van der Waals surface area contributed by atoms with Gasteiger partial charge in [0.2, 0.25) is 0 Å². The van der Waals surface area contributed by atoms with Crippen LogP contribution in [0, 0.1) is 11.3 Å². The van der Waals surface area contributed by atoms with Gasteiger partial charge in [-0.25, -0.2) is 0 Å². The fraction of sp³-hybridized carbons (Fsp3) is 0.440. The minimum atomic E-state index is 0.0450. The lowest BCUT2D eigenvalue weighted by atomic mass is 10.0. The normalized spacial score (nSPS) is 16.7. The third kappa shape index (κ3) is 5.64. The molecule has 1 aromatic rings. The number of rotatable bonds is 5. The molecule has 4 heteroatoms. The number of hydrogen-bond acceptors (Lipinski definition) is 4. The lowest BCUT2D eigenvalue weighted by Crippen LogP contribution is -2.11. The lowest BCUT2D eigenvalue weighted by Gasteiger charge is -2.18. The van der Waals surface area contributed by atoms with Crippen molar-refractivity contribution < 1.29 is 4.74 Å². The molecule has 0 unspecified atom stereocenters. The molecule has 0 atom stereocenters. The molecule has 2 aliphatic rings. The van der Waals surface area contributed by atoms with Gasteiger partial charge in [0.25, 0.3) is 0 Å². The van der Waals surface area contributed by atoms with Gasteiger partial charge in [0.15, 0.2) is 0 Å². The molecule has 3 nitrogen and oxygen atoms in total. The molecule has 0 radical (unpaired) electrons. The monoisotopic (exact) mass is 408 g/mol. The Morgan fingerprint density at radius 3 is 2.55 bits per heavy atom. The van der Waals surface area contributed by atoms with Crippen molar-refractivity contribution in [3.63, 3.8) is 0 Å². The summed E-state index contributed by atoms with van der Waals surface area (Å²) in [6, 6.07) is 8.00. The first-order valence-electron chi connectivity index (χ1n) is 10.5. The zero-order valence-corrected chi connectivity index (χ0v) is 19.3. The molecular weight excluding hydrogens is 376 g/mol. The predicted octanol–water partition coefficient (Wildman–Crippen LogP) is 7.20. The van der Waals surface area contributed by atoms with Crippen molar-refractivity contribution in [2.24, 2.45) is 4.99 Å². The number of aliphatic imine (C=N–C) groups is 1. The highest BCUT2D eigenvalue weighted by Crippen LogP contribution is 2.39. The highest BCUT2D eigenvalue weighted by Gasteiger charge is 2.20. The topological polar surface area (TPSA) is 45.4 Å². The van der Waals surface area contributed by atoms with Crippen molar-refractivity contribution in [3.05, 3.63) is 63.2 Å². The van der Waals surface area contributed by atoms with Crippen molar-refractivity contribution in [3.8, 4) is 11.8 Å². The number of nitriles is 1. The molecule has 0 aromatic heterocycles. The Kier molecular flexibility index (Phi) is 8.79. The van der Waals surface area contributed by atoms with Crippen LogP contribution in [-0.4, -0.2) is 17.6 Å². The van der Waals surface area contributed by atoms with E-state index in [1.54, 1.807) is 0 Å². The average Bonchev–Trinajstić information content (AvgIpc) is 3.16. The quantitative estimate of drug-likeness (QED) is 0.517. The van der Waals surface area contributed by atoms with E-state index in [-0.39, 0.29) is 6.10 Å². The summed E-state index contributed by atoms with van der Waals surface area (Å²) in [6.45, 7) is 12.3. The number of allylic oxidation sites excluding steroid dienone is 4. The van der Waals surface area contributed by atoms with Gasteiger partial charge in [0.1, 0.15) is 11.8 Å². The maximum atomic E-state index is 9.45. The number of nitrogens with zero attached hydrogens (tertiary/aromatic N) is 2. The fourth-order valence-corrected chi connectivity index (χ4v) is 4.60. The average molecular weight is 409 g/mol. The van der Waals surface area contributed by atoms with Crippen molar-refractivity contribution in [2.75, 3.05) is 5.75 Å². The molecule has 0 fully saturated rings. The summed E-state index contributed by atoms with van der Waals surface area (Å²) in [5, 5.41) is 9.45. The zero-order valence-electron chi connectivity index (χ0n) is 18.5. The molecule has 0 saturated heterocycles. The van der Waals surface area contributed by atoms with Crippen LogP contribution in [0.3, 0.4) is 0 Å². The molecule has 3 rings (SSSR count). The van der Waals surface area contributed by atoms with E-state index in [1.165, 1.54) is 40.9 Å². The van der Waals surface area contributed by atoms with Gasteiger partial charge in [-0.05, 0) is 81.9 Å². The predicted molar refractivity (Wildman–Crippen MR) is 126 cm³/mol. The highest BCUT2D eigenvalue weighted by molar-refractivity contribution is 8.04. The molecule has 1 heterocycles. The molecule has 154 valence electrons. The Morgan fingerprint density at radius 1 is 1.28 bits per heavy atom. The van der Waals surface area contributed by atoms with E-state index in [0.717, 1.165) is 17.0 Å². The Hall–Kier alpha value is -2.25. The molecule has 29 heavy (non-hydrogen) atoms. The second-order valence-electron chi connectivity index (χ2n) is 7.16. The van der Waals surface area contributed by atoms with E-state index < -0.39 is 0 Å². The zero-order chi connectivity index (χ0) is 21.4. The van der Waals surface area contributed by atoms with Crippen molar-refractivity contribution in [1.29, 1.82) is 5.26 Å². The summed E-state index contributed by atoms with van der Waals surface area (Å²) < 4.78 is 5.72. The summed E-state index contributed by atoms with van der Waals surface area (Å²) in [6.07, 6.45) is 7.89. The molecule has 0 bridgehead atoms. The van der Waals surface area contributed by atoms with Crippen LogP contribution in [0.1, 0.15) is 71.9 Å². The Morgan fingerprint density at radius 2 is 2.03 bits per heavy atom. The summed E-state index contributed by atoms with van der Waals surface area (Å²) in [4.78, 5) is 5.98. The van der Waals surface area contributed by atoms with Crippen LogP contribution in [-0.2, 0) is 0 Å². The van der Waals surface area contributed by atoms with Gasteiger partial charge in [0.05, 0.1) is 17.4 Å². The second-order valence-corrected chi connectivity index (χ2v) is 8.18. The number of thioether (sulfide) groups is 1. The maximum absolute atomic E-state index is 9.45. The Balaban J connectivity index is 0.00000145. The van der Waals surface area contributed by atoms with Gasteiger partial charge in [-0.1, -0.05) is 25.5 Å². The SMILES string of the molecule is C/C=C(/C1=CN=C(c2ccc(OC(C)C)c(C#N)c2)CS1)C1=C(C)CCC1.CC.